The normalized spacial score (nSPS) is 13.9. The highest BCUT2D eigenvalue weighted by atomic mass is 32.1. The van der Waals surface area contributed by atoms with Crippen LogP contribution < -0.4 is 11.3 Å². The Morgan fingerprint density at radius 3 is 2.90 bits per heavy atom. The minimum Gasteiger partial charge on any atom is -0.270 e. The first-order valence-electron chi connectivity index (χ1n) is 3.22. The summed E-state index contributed by atoms with van der Waals surface area (Å²) in [5, 5.41) is -0.136. The summed E-state index contributed by atoms with van der Waals surface area (Å²) >= 11 is 4.11. The third-order valence-electron chi connectivity index (χ3n) is 1.08. The van der Waals surface area contributed by atoms with E-state index in [4.69, 9.17) is 5.84 Å². The summed E-state index contributed by atoms with van der Waals surface area (Å²) in [6.45, 7) is 5.82. The molecule has 0 spiro atoms. The molecule has 0 amide bonds. The van der Waals surface area contributed by atoms with Gasteiger partial charge in [0, 0.05) is 0 Å². The zero-order chi connectivity index (χ0) is 7.98. The summed E-state index contributed by atoms with van der Waals surface area (Å²) in [5.41, 5.74) is 3.37. The first-order valence-corrected chi connectivity index (χ1v) is 3.73. The molecular weight excluding hydrogens is 144 g/mol. The van der Waals surface area contributed by atoms with Gasteiger partial charge in [-0.05, 0) is 12.0 Å². The molecule has 0 aromatic rings. The number of rotatable bonds is 4. The fraction of sp³-hybridized carbons (Fsp3) is 0.429. The van der Waals surface area contributed by atoms with Crippen LogP contribution in [0.15, 0.2) is 24.3 Å². The van der Waals surface area contributed by atoms with Crippen molar-refractivity contribution in [1.82, 2.24) is 5.43 Å². The van der Waals surface area contributed by atoms with E-state index in [1.54, 1.807) is 0 Å². The lowest BCUT2D eigenvalue weighted by Crippen LogP contribution is -2.31. The average molecular weight is 158 g/mol. The lowest BCUT2D eigenvalue weighted by molar-refractivity contribution is 0.767. The first-order chi connectivity index (χ1) is 4.72. The molecule has 0 aromatic heterocycles. The number of hydrogen-bond acceptors (Lipinski definition) is 3. The van der Waals surface area contributed by atoms with Crippen molar-refractivity contribution in [2.45, 2.75) is 18.7 Å². The molecule has 0 saturated carbocycles. The summed E-state index contributed by atoms with van der Waals surface area (Å²) in [7, 11) is 0. The summed E-state index contributed by atoms with van der Waals surface area (Å²) in [6, 6.07) is 0. The maximum atomic E-state index is 5.12. The minimum atomic E-state index is -0.136. The van der Waals surface area contributed by atoms with E-state index in [9.17, 15) is 0 Å². The minimum absolute atomic E-state index is 0.136. The van der Waals surface area contributed by atoms with Crippen LogP contribution in [0.5, 0.6) is 0 Å². The second-order valence-electron chi connectivity index (χ2n) is 1.95. The summed E-state index contributed by atoms with van der Waals surface area (Å²) in [6.07, 6.45) is 4.94. The highest BCUT2D eigenvalue weighted by Crippen LogP contribution is 2.03. The third kappa shape index (κ3) is 3.71. The molecule has 0 bridgehead atoms. The van der Waals surface area contributed by atoms with Crippen LogP contribution in [-0.2, 0) is 0 Å². The number of hydrazine groups is 1. The molecule has 3 N–H and O–H groups in total. The average Bonchev–Trinajstić information content (AvgIpc) is 1.98. The van der Waals surface area contributed by atoms with Gasteiger partial charge in [0.1, 0.15) is 0 Å². The molecular formula is C7H14N2S. The van der Waals surface area contributed by atoms with Crippen molar-refractivity contribution in [2.75, 3.05) is 0 Å². The van der Waals surface area contributed by atoms with Crippen molar-refractivity contribution >= 4 is 12.6 Å². The molecule has 0 fully saturated rings. The Labute approximate surface area is 67.6 Å². The second kappa shape index (κ2) is 5.53. The zero-order valence-electron chi connectivity index (χ0n) is 6.17. The molecule has 0 aliphatic rings. The van der Waals surface area contributed by atoms with Gasteiger partial charge in [0.25, 0.3) is 0 Å². The monoisotopic (exact) mass is 158 g/mol. The Morgan fingerprint density at radius 1 is 1.90 bits per heavy atom. The molecule has 0 unspecified atom stereocenters. The summed E-state index contributed by atoms with van der Waals surface area (Å²) in [4.78, 5) is 0. The topological polar surface area (TPSA) is 38.0 Å². The van der Waals surface area contributed by atoms with Crippen LogP contribution in [0.2, 0.25) is 0 Å². The van der Waals surface area contributed by atoms with Crippen molar-refractivity contribution < 1.29 is 0 Å². The van der Waals surface area contributed by atoms with Gasteiger partial charge in [-0.3, -0.25) is 5.84 Å². The molecule has 0 aliphatic heterocycles. The van der Waals surface area contributed by atoms with E-state index in [0.717, 1.165) is 12.0 Å². The van der Waals surface area contributed by atoms with Crippen molar-refractivity contribution in [1.29, 1.82) is 0 Å². The SMILES string of the molecule is C=C(/C=C\CC)[C@H](S)NN. The van der Waals surface area contributed by atoms with E-state index < -0.39 is 0 Å². The highest BCUT2D eigenvalue weighted by Gasteiger charge is 1.98. The van der Waals surface area contributed by atoms with Gasteiger partial charge in [0.15, 0.2) is 0 Å². The molecule has 0 heterocycles. The Kier molecular flexibility index (Phi) is 5.39. The third-order valence-corrected chi connectivity index (χ3v) is 1.56. The van der Waals surface area contributed by atoms with Gasteiger partial charge >= 0.3 is 0 Å². The number of allylic oxidation sites excluding steroid dienone is 1. The van der Waals surface area contributed by atoms with Crippen molar-refractivity contribution in [3.8, 4) is 0 Å². The summed E-state index contributed by atoms with van der Waals surface area (Å²) in [5.74, 6) is 5.12. The predicted molar refractivity (Wildman–Crippen MR) is 48.7 cm³/mol. The molecule has 0 rings (SSSR count). The quantitative estimate of drug-likeness (QED) is 0.189. The van der Waals surface area contributed by atoms with Crippen LogP contribution in [0.1, 0.15) is 13.3 Å². The van der Waals surface area contributed by atoms with Gasteiger partial charge in [0.05, 0.1) is 5.37 Å². The molecule has 2 nitrogen and oxygen atoms in total. The van der Waals surface area contributed by atoms with Crippen LogP contribution in [0.25, 0.3) is 0 Å². The van der Waals surface area contributed by atoms with Gasteiger partial charge < -0.3 is 0 Å². The first kappa shape index (κ1) is 9.75. The van der Waals surface area contributed by atoms with Crippen LogP contribution in [0.3, 0.4) is 0 Å². The molecule has 58 valence electrons. The maximum Gasteiger partial charge on any atom is 0.0879 e. The van der Waals surface area contributed by atoms with E-state index in [2.05, 4.69) is 31.6 Å². The van der Waals surface area contributed by atoms with Gasteiger partial charge in [-0.15, -0.1) is 0 Å². The molecule has 0 aliphatic carbocycles. The number of nitrogens with two attached hydrogens (primary N) is 1. The maximum absolute atomic E-state index is 5.12. The Morgan fingerprint density at radius 2 is 2.50 bits per heavy atom. The smallest absolute Gasteiger partial charge is 0.0879 e. The number of hydrogen-bond donors (Lipinski definition) is 3. The molecule has 10 heavy (non-hydrogen) atoms. The second-order valence-corrected chi connectivity index (χ2v) is 2.47. The predicted octanol–water partition coefficient (Wildman–Crippen LogP) is 1.23. The molecule has 0 radical (unpaired) electrons. The zero-order valence-corrected chi connectivity index (χ0v) is 7.07. The van der Waals surface area contributed by atoms with Gasteiger partial charge in [-0.2, -0.15) is 12.6 Å². The van der Waals surface area contributed by atoms with Crippen molar-refractivity contribution in [2.24, 2.45) is 5.84 Å². The largest absolute Gasteiger partial charge is 0.270 e. The van der Waals surface area contributed by atoms with E-state index >= 15 is 0 Å². The Bertz CT molecular complexity index is 132. The van der Waals surface area contributed by atoms with Crippen LogP contribution in [0, 0.1) is 0 Å². The lowest BCUT2D eigenvalue weighted by atomic mass is 10.2. The fourth-order valence-corrected chi connectivity index (χ4v) is 0.553. The molecule has 3 heteroatoms. The Hall–Kier alpha value is -0.250. The Balaban J connectivity index is 3.72. The highest BCUT2D eigenvalue weighted by molar-refractivity contribution is 7.81. The van der Waals surface area contributed by atoms with E-state index in [1.165, 1.54) is 0 Å². The van der Waals surface area contributed by atoms with E-state index in [-0.39, 0.29) is 5.37 Å². The van der Waals surface area contributed by atoms with Crippen molar-refractivity contribution in [3.05, 3.63) is 24.3 Å². The van der Waals surface area contributed by atoms with Crippen LogP contribution >= 0.6 is 12.6 Å². The van der Waals surface area contributed by atoms with E-state index in [1.807, 2.05) is 12.2 Å². The fourth-order valence-electron chi connectivity index (χ4n) is 0.467. The summed E-state index contributed by atoms with van der Waals surface area (Å²) < 4.78 is 0. The van der Waals surface area contributed by atoms with E-state index in [0.29, 0.717) is 0 Å². The van der Waals surface area contributed by atoms with Gasteiger partial charge in [-0.25, -0.2) is 5.43 Å². The van der Waals surface area contributed by atoms with Gasteiger partial charge in [0.2, 0.25) is 0 Å². The molecule has 1 atom stereocenters. The molecule has 0 saturated heterocycles. The van der Waals surface area contributed by atoms with Crippen molar-refractivity contribution in [3.63, 3.8) is 0 Å². The molecule has 0 aromatic carbocycles. The van der Waals surface area contributed by atoms with Gasteiger partial charge in [-0.1, -0.05) is 25.7 Å². The number of nitrogens with one attached hydrogen (secondary N) is 1. The number of thiol groups is 1. The van der Waals surface area contributed by atoms with Crippen LogP contribution in [-0.4, -0.2) is 5.37 Å². The standard InChI is InChI=1S/C7H14N2S/c1-3-4-5-6(2)7(10)9-8/h4-5,7,9-10H,2-3,8H2,1H3/b5-4-/t7-/m0/s1. The van der Waals surface area contributed by atoms with Crippen LogP contribution in [0.4, 0.5) is 0 Å². The lowest BCUT2D eigenvalue weighted by Gasteiger charge is -2.07.